The van der Waals surface area contributed by atoms with Gasteiger partial charge in [0.15, 0.2) is 0 Å². The molecule has 1 saturated heterocycles. The predicted molar refractivity (Wildman–Crippen MR) is 396 cm³/mol. The van der Waals surface area contributed by atoms with E-state index < -0.39 is 93.7 Å². The van der Waals surface area contributed by atoms with Crippen molar-refractivity contribution in [2.75, 3.05) is 158 Å². The van der Waals surface area contributed by atoms with Gasteiger partial charge in [-0.1, -0.05) is 0 Å². The Morgan fingerprint density at radius 2 is 0.783 bits per heavy atom. The zero-order valence-corrected chi connectivity index (χ0v) is 65.6. The number of ether oxygens (including phenoxy) is 4. The average molecular weight is 1590 g/mol. The molecule has 0 aromatic carbocycles. The van der Waals surface area contributed by atoms with Crippen LogP contribution in [0.25, 0.3) is 0 Å². The van der Waals surface area contributed by atoms with Crippen LogP contribution in [0.5, 0.6) is 0 Å². The first-order chi connectivity index (χ1) is 50.2. The first kappa shape index (κ1) is 102. The minimum Gasteiger partial charge on any atom is -0.481 e. The van der Waals surface area contributed by atoms with Gasteiger partial charge in [-0.25, -0.2) is 0 Å². The first-order valence-electron chi connectivity index (χ1n) is 33.5. The van der Waals surface area contributed by atoms with Gasteiger partial charge in [-0.15, -0.1) is 47.0 Å². The smallest absolute Gasteiger partial charge is 0.317 e. The lowest BCUT2D eigenvalue weighted by atomic mass is 10.3. The number of nitrogens with one attached hydrogen (secondary N) is 14. The van der Waals surface area contributed by atoms with E-state index in [2.05, 4.69) is 74.4 Å². The van der Waals surface area contributed by atoms with Crippen LogP contribution in [0.15, 0.2) is 0 Å². The summed E-state index contributed by atoms with van der Waals surface area (Å²) in [4.78, 5) is 210. The fourth-order valence-corrected chi connectivity index (χ4v) is 12.5. The van der Waals surface area contributed by atoms with Gasteiger partial charge in [0.05, 0.1) is 22.7 Å². The summed E-state index contributed by atoms with van der Waals surface area (Å²) in [5, 5.41) is 51.1. The van der Waals surface area contributed by atoms with Gasteiger partial charge in [0.1, 0.15) is 29.4 Å². The number of nitrogens with zero attached hydrogens (tertiary/aromatic N) is 1. The predicted octanol–water partition coefficient (Wildman–Crippen LogP) is -5.29. The van der Waals surface area contributed by atoms with E-state index in [1.165, 1.54) is 67.6 Å². The van der Waals surface area contributed by atoms with E-state index in [0.717, 1.165) is 46.6 Å². The van der Waals surface area contributed by atoms with Crippen molar-refractivity contribution in [3.63, 3.8) is 0 Å². The third-order valence-corrected chi connectivity index (χ3v) is 18.4. The summed E-state index contributed by atoms with van der Waals surface area (Å²) >= 11 is 4.27. The molecule has 16 amide bonds. The second kappa shape index (κ2) is 64.1. The molecule has 7 atom stereocenters. The summed E-state index contributed by atoms with van der Waals surface area (Å²) in [6, 6.07) is -3.22. The van der Waals surface area contributed by atoms with Crippen LogP contribution in [-0.4, -0.2) is 319 Å². The number of carbonyl (C=O) groups is 18. The average Bonchev–Trinajstić information content (AvgIpc) is 1.68. The molecule has 43 heteroatoms. The molecule has 0 spiro atoms. The van der Waals surface area contributed by atoms with Gasteiger partial charge in [0, 0.05) is 212 Å². The molecule has 39 nitrogen and oxygen atoms in total. The lowest BCUT2D eigenvalue weighted by molar-refractivity contribution is -0.139. The maximum atomic E-state index is 12.4. The van der Waals surface area contributed by atoms with Crippen LogP contribution in [0.4, 0.5) is 0 Å². The van der Waals surface area contributed by atoms with E-state index in [1.807, 2.05) is 0 Å². The van der Waals surface area contributed by atoms with Crippen LogP contribution in [0.3, 0.4) is 0 Å². The molecule has 1 aliphatic heterocycles. The number of amides is 16. The number of carboxylic acids is 2. The number of methoxy groups -OCH3 is 4. The van der Waals surface area contributed by atoms with Crippen LogP contribution in [0.1, 0.15) is 91.9 Å². The molecule has 106 heavy (non-hydrogen) atoms. The third-order valence-electron chi connectivity index (χ3n) is 13.5. The maximum Gasteiger partial charge on any atom is 0.317 e. The van der Waals surface area contributed by atoms with E-state index in [0.29, 0.717) is 77.6 Å². The van der Waals surface area contributed by atoms with Crippen LogP contribution in [0.2, 0.25) is 0 Å². The highest BCUT2D eigenvalue weighted by Gasteiger charge is 2.40. The fourth-order valence-electron chi connectivity index (χ4n) is 8.21. The summed E-state index contributed by atoms with van der Waals surface area (Å²) in [5.74, 6) is -7.24. The molecule has 0 aliphatic carbocycles. The number of rotatable bonds is 52. The van der Waals surface area contributed by atoms with Gasteiger partial charge in [-0.2, -0.15) is 0 Å². The van der Waals surface area contributed by atoms with Gasteiger partial charge in [-0.05, 0) is 25.7 Å². The molecule has 0 radical (unpaired) electrons. The van der Waals surface area contributed by atoms with Gasteiger partial charge in [-0.3, -0.25) is 91.2 Å². The molecule has 1 fully saturated rings. The lowest BCUT2D eigenvalue weighted by Gasteiger charge is -2.19. The van der Waals surface area contributed by atoms with E-state index in [1.54, 1.807) is 28.4 Å². The molecular formula is C63H111N15O24S4. The molecule has 16 N–H and O–H groups in total. The van der Waals surface area contributed by atoms with E-state index in [-0.39, 0.29) is 134 Å². The van der Waals surface area contributed by atoms with Gasteiger partial charge >= 0.3 is 11.9 Å². The third kappa shape index (κ3) is 54.5. The number of likely N-dealkylation sites (tertiary alicyclic amines) is 1. The van der Waals surface area contributed by atoms with Crippen molar-refractivity contribution in [2.45, 2.75) is 132 Å². The summed E-state index contributed by atoms with van der Waals surface area (Å²) in [5.41, 5.74) is 0. The Morgan fingerprint density at radius 3 is 1.15 bits per heavy atom. The molecule has 0 bridgehead atoms. The largest absolute Gasteiger partial charge is 0.481 e. The summed E-state index contributed by atoms with van der Waals surface area (Å²) < 4.78 is 19.5. The van der Waals surface area contributed by atoms with Crippen molar-refractivity contribution in [3.05, 3.63) is 0 Å². The monoisotopic (exact) mass is 1590 g/mol. The number of imide groups is 1. The number of thioether (sulfide) groups is 4. The Kier molecular flexibility index (Phi) is 61.7. The molecule has 1 rings (SSSR count). The Bertz CT molecular complexity index is 2790. The number of aliphatic carboxylic acids is 2. The number of likely N-dealkylation sites (N-methyl/N-ethyl adjacent to an activating group) is 4. The SMILES string of the molecule is CNC(=O)[C@H](CSC(CC(=O)NCCC(=O)NCCCOC)C(=O)O)NC(C)=O.CNC(=O)[C@H](CSC(CC(=O)O)C(=O)NCCC(=O)NCCCOC)NC(C)=O.CNC(=O)[C@H](CSC1CC(=O)N(CCC(=O)NCCCOC)C1=O)NC(C)=O.CNC(=O)[C@H](CSCC(=O)NCCCOC)NC(C)=O. The Balaban J connectivity index is -0.00000135. The summed E-state index contributed by atoms with van der Waals surface area (Å²) in [6.07, 6.45) is 2.20. The lowest BCUT2D eigenvalue weighted by Crippen LogP contribution is -2.47. The standard InChI is InChI=1S/2C17H30N4O7S.C17H28N4O6S.C12H23N3O4S/c1-11(22)21-12(16(26)18-2)10-29-13(9-15(24)25)17(27)20-7-5-14(23)19-6-4-8-28-3;1-11(22)21-12(16(25)18-2)10-29-13(17(26)27)9-15(24)20-7-5-14(23)19-6-4-8-28-3;1-11(22)20-12(16(25)18-2)10-28-13-9-15(24)21(17(13)26)7-5-14(23)19-6-4-8-27-3;1-9(16)15-10(12(18)13-2)7-20-8-11(17)14-5-4-6-19-3/h12-13H,4-10H2,1-3H3,(H,18,26)(H,19,23)(H,20,27)(H,21,22)(H,24,25);12-13H,4-10H2,1-3H3,(H,18,25)(H,19,23)(H,20,24)(H,21,22)(H,26,27);12-13H,4-10H2,1-3H3,(H,18,25)(H,19,23)(H,20,22);10H,4-8H2,1-3H3,(H,13,18)(H,14,17)(H,15,16)/t3*12-,13?;10-/m0000/s1. The molecule has 0 saturated carbocycles. The molecule has 3 unspecified atom stereocenters. The fraction of sp³-hybridized carbons (Fsp3) is 0.714. The van der Waals surface area contributed by atoms with Gasteiger partial charge in [0.2, 0.25) is 94.5 Å². The number of carboxylic acid groups (broad SMARTS) is 2. The van der Waals surface area contributed by atoms with Crippen molar-refractivity contribution in [3.8, 4) is 0 Å². The highest BCUT2D eigenvalue weighted by atomic mass is 32.2. The Morgan fingerprint density at radius 1 is 0.434 bits per heavy atom. The molecule has 0 aromatic heterocycles. The minimum absolute atomic E-state index is 0.00657. The number of carbonyl (C=O) groups excluding carboxylic acids is 16. The normalized spacial score (nSPS) is 13.5. The zero-order chi connectivity index (χ0) is 81.0. The summed E-state index contributed by atoms with van der Waals surface area (Å²) in [7, 11) is 12.1. The molecular weight excluding hydrogens is 1480 g/mol. The van der Waals surface area contributed by atoms with Gasteiger partial charge in [0.25, 0.3) is 0 Å². The maximum absolute atomic E-state index is 12.4. The van der Waals surface area contributed by atoms with Crippen molar-refractivity contribution in [2.24, 2.45) is 0 Å². The van der Waals surface area contributed by atoms with E-state index in [4.69, 9.17) is 24.1 Å². The highest BCUT2D eigenvalue weighted by Crippen LogP contribution is 2.26. The minimum atomic E-state index is -1.21. The number of hydrogen-bond acceptors (Lipinski definition) is 26. The molecule has 0 aromatic rings. The topological polar surface area (TPSA) is 556 Å². The van der Waals surface area contributed by atoms with Crippen LogP contribution in [0, 0.1) is 0 Å². The second-order valence-corrected chi connectivity index (χ2v) is 27.1. The zero-order valence-electron chi connectivity index (χ0n) is 62.4. The first-order valence-corrected chi connectivity index (χ1v) is 37.8. The highest BCUT2D eigenvalue weighted by molar-refractivity contribution is 8.01. The Labute approximate surface area is 634 Å². The summed E-state index contributed by atoms with van der Waals surface area (Å²) in [6.45, 7) is 9.48. The van der Waals surface area contributed by atoms with Crippen molar-refractivity contribution < 1.29 is 115 Å². The van der Waals surface area contributed by atoms with Gasteiger partial charge < -0.3 is 104 Å². The van der Waals surface area contributed by atoms with Crippen molar-refractivity contribution in [1.82, 2.24) is 79.3 Å². The number of hydrogen-bond donors (Lipinski definition) is 16. The van der Waals surface area contributed by atoms with Crippen molar-refractivity contribution in [1.29, 1.82) is 0 Å². The van der Waals surface area contributed by atoms with Crippen LogP contribution in [-0.2, 0) is 105 Å². The quantitative estimate of drug-likeness (QED) is 0.0200. The van der Waals surface area contributed by atoms with Crippen LogP contribution < -0.4 is 74.4 Å². The molecule has 1 heterocycles. The second-order valence-electron chi connectivity index (χ2n) is 22.4. The van der Waals surface area contributed by atoms with E-state index in [9.17, 15) is 91.4 Å². The molecule has 606 valence electrons. The van der Waals surface area contributed by atoms with E-state index >= 15 is 0 Å². The van der Waals surface area contributed by atoms with Crippen LogP contribution >= 0.6 is 47.0 Å². The Hall–Kier alpha value is -8.10. The molecule has 1 aliphatic rings. The van der Waals surface area contributed by atoms with Crippen molar-refractivity contribution >= 4 is 154 Å².